The summed E-state index contributed by atoms with van der Waals surface area (Å²) in [4.78, 5) is 24.9. The Hall–Kier alpha value is -2.51. The molecule has 1 heterocycles. The van der Waals surface area contributed by atoms with E-state index in [4.69, 9.17) is 12.2 Å². The maximum atomic E-state index is 12.1. The van der Waals surface area contributed by atoms with Crippen LogP contribution in [0.4, 0.5) is 11.4 Å². The van der Waals surface area contributed by atoms with Crippen LogP contribution in [-0.2, 0) is 9.59 Å². The summed E-state index contributed by atoms with van der Waals surface area (Å²) < 4.78 is 0. The first-order chi connectivity index (χ1) is 12.2. The van der Waals surface area contributed by atoms with E-state index in [9.17, 15) is 9.59 Å². The molecular weight excluding hydrogens is 366 g/mol. The molecule has 0 aliphatic rings. The summed E-state index contributed by atoms with van der Waals surface area (Å²) in [5, 5.41) is 10.5. The van der Waals surface area contributed by atoms with Gasteiger partial charge in [0.25, 0.3) is 0 Å². The van der Waals surface area contributed by atoms with Gasteiger partial charge in [0.1, 0.15) is 0 Å². The standard InChI is InChI=1S/C19H21N3O2S2/c1-19(2,3)17(24)20-13-6-4-7-14(12-13)21-18(25)22-16(23)10-9-15-8-5-11-26-15/h4-12H,1-3H3,(H,20,24)(H2,21,22,23,25)/b10-9+. The van der Waals surface area contributed by atoms with E-state index in [2.05, 4.69) is 16.0 Å². The molecule has 0 atom stereocenters. The van der Waals surface area contributed by atoms with Crippen molar-refractivity contribution < 1.29 is 9.59 Å². The number of benzene rings is 1. The van der Waals surface area contributed by atoms with Gasteiger partial charge in [0.2, 0.25) is 11.8 Å². The van der Waals surface area contributed by atoms with Crippen molar-refractivity contribution in [3.8, 4) is 0 Å². The van der Waals surface area contributed by atoms with Gasteiger partial charge in [-0.05, 0) is 47.9 Å². The highest BCUT2D eigenvalue weighted by Gasteiger charge is 2.21. The average Bonchev–Trinajstić information content (AvgIpc) is 3.05. The number of hydrogen-bond donors (Lipinski definition) is 3. The SMILES string of the molecule is CC(C)(C)C(=O)Nc1cccc(NC(=S)NC(=O)/C=C/c2cccs2)c1. The lowest BCUT2D eigenvalue weighted by Gasteiger charge is -2.18. The van der Waals surface area contributed by atoms with Crippen molar-refractivity contribution in [1.82, 2.24) is 5.32 Å². The van der Waals surface area contributed by atoms with Gasteiger partial charge in [0.15, 0.2) is 5.11 Å². The molecule has 0 radical (unpaired) electrons. The first-order valence-corrected chi connectivity index (χ1v) is 9.28. The molecule has 2 aromatic rings. The number of carbonyl (C=O) groups is 2. The quantitative estimate of drug-likeness (QED) is 0.542. The number of amides is 2. The Morgan fingerprint density at radius 3 is 2.38 bits per heavy atom. The minimum Gasteiger partial charge on any atom is -0.332 e. The topological polar surface area (TPSA) is 70.2 Å². The third kappa shape index (κ3) is 6.42. The largest absolute Gasteiger partial charge is 0.332 e. The van der Waals surface area contributed by atoms with Crippen LogP contribution in [0.15, 0.2) is 47.9 Å². The first kappa shape index (κ1) is 19.8. The van der Waals surface area contributed by atoms with Crippen LogP contribution in [0.2, 0.25) is 0 Å². The molecule has 0 spiro atoms. The van der Waals surface area contributed by atoms with Crippen LogP contribution >= 0.6 is 23.6 Å². The fraction of sp³-hybridized carbons (Fsp3) is 0.211. The molecule has 0 fully saturated rings. The highest BCUT2D eigenvalue weighted by Crippen LogP contribution is 2.20. The number of thiophene rings is 1. The third-order valence-electron chi connectivity index (χ3n) is 3.24. The van der Waals surface area contributed by atoms with E-state index in [1.165, 1.54) is 6.08 Å². The molecule has 7 heteroatoms. The Kier molecular flexibility index (Phi) is 6.65. The second-order valence-electron chi connectivity index (χ2n) is 6.58. The number of anilines is 2. The van der Waals surface area contributed by atoms with Crippen LogP contribution < -0.4 is 16.0 Å². The summed E-state index contributed by atoms with van der Waals surface area (Å²) in [7, 11) is 0. The summed E-state index contributed by atoms with van der Waals surface area (Å²) in [6.07, 6.45) is 3.16. The molecule has 0 aliphatic carbocycles. The van der Waals surface area contributed by atoms with Crippen molar-refractivity contribution in [1.29, 1.82) is 0 Å². The fourth-order valence-corrected chi connectivity index (χ4v) is 2.69. The molecule has 0 aliphatic heterocycles. The number of carbonyl (C=O) groups excluding carboxylic acids is 2. The van der Waals surface area contributed by atoms with Gasteiger partial charge in [0, 0.05) is 27.7 Å². The van der Waals surface area contributed by atoms with E-state index in [0.717, 1.165) is 4.88 Å². The number of rotatable bonds is 4. The predicted molar refractivity (Wildman–Crippen MR) is 112 cm³/mol. The van der Waals surface area contributed by atoms with Gasteiger partial charge in [-0.25, -0.2) is 0 Å². The summed E-state index contributed by atoms with van der Waals surface area (Å²) in [6, 6.07) is 11.0. The summed E-state index contributed by atoms with van der Waals surface area (Å²) >= 11 is 6.70. The monoisotopic (exact) mass is 387 g/mol. The zero-order chi connectivity index (χ0) is 19.2. The molecule has 26 heavy (non-hydrogen) atoms. The number of thiocarbonyl (C=S) groups is 1. The van der Waals surface area contributed by atoms with Crippen LogP contribution in [0, 0.1) is 5.41 Å². The van der Waals surface area contributed by atoms with Crippen molar-refractivity contribution in [2.75, 3.05) is 10.6 Å². The second-order valence-corrected chi connectivity index (χ2v) is 7.96. The van der Waals surface area contributed by atoms with Gasteiger partial charge in [-0.1, -0.05) is 32.9 Å². The van der Waals surface area contributed by atoms with Crippen molar-refractivity contribution in [2.24, 2.45) is 5.41 Å². The summed E-state index contributed by atoms with van der Waals surface area (Å²) in [5.41, 5.74) is 0.840. The van der Waals surface area contributed by atoms with Crippen molar-refractivity contribution in [3.63, 3.8) is 0 Å². The molecule has 0 saturated carbocycles. The Morgan fingerprint density at radius 1 is 1.08 bits per heavy atom. The van der Waals surface area contributed by atoms with E-state index < -0.39 is 5.41 Å². The lowest BCUT2D eigenvalue weighted by Crippen LogP contribution is -2.32. The lowest BCUT2D eigenvalue weighted by molar-refractivity contribution is -0.123. The number of hydrogen-bond acceptors (Lipinski definition) is 4. The van der Waals surface area contributed by atoms with Crippen LogP contribution in [0.3, 0.4) is 0 Å². The van der Waals surface area contributed by atoms with Gasteiger partial charge < -0.3 is 10.6 Å². The van der Waals surface area contributed by atoms with E-state index in [0.29, 0.717) is 11.4 Å². The Bertz CT molecular complexity index is 822. The van der Waals surface area contributed by atoms with Crippen LogP contribution in [0.1, 0.15) is 25.6 Å². The Balaban J connectivity index is 1.91. The Morgan fingerprint density at radius 2 is 1.77 bits per heavy atom. The molecule has 2 rings (SSSR count). The zero-order valence-corrected chi connectivity index (χ0v) is 16.5. The smallest absolute Gasteiger partial charge is 0.250 e. The fourth-order valence-electron chi connectivity index (χ4n) is 1.85. The van der Waals surface area contributed by atoms with E-state index in [-0.39, 0.29) is 16.9 Å². The summed E-state index contributed by atoms with van der Waals surface area (Å²) in [5.74, 6) is -0.391. The van der Waals surface area contributed by atoms with E-state index >= 15 is 0 Å². The molecule has 136 valence electrons. The average molecular weight is 388 g/mol. The number of nitrogens with one attached hydrogen (secondary N) is 3. The minimum absolute atomic E-state index is 0.0794. The van der Waals surface area contributed by atoms with Gasteiger partial charge in [-0.15, -0.1) is 11.3 Å². The molecular formula is C19H21N3O2S2. The lowest BCUT2D eigenvalue weighted by atomic mass is 9.95. The van der Waals surface area contributed by atoms with Crippen LogP contribution in [0.25, 0.3) is 6.08 Å². The van der Waals surface area contributed by atoms with Crippen molar-refractivity contribution in [3.05, 3.63) is 52.7 Å². The minimum atomic E-state index is -0.485. The molecule has 0 unspecified atom stereocenters. The highest BCUT2D eigenvalue weighted by atomic mass is 32.1. The van der Waals surface area contributed by atoms with Crippen molar-refractivity contribution >= 4 is 57.9 Å². The molecule has 0 bridgehead atoms. The molecule has 2 amide bonds. The summed E-state index contributed by atoms with van der Waals surface area (Å²) in [6.45, 7) is 5.54. The molecule has 0 saturated heterocycles. The van der Waals surface area contributed by atoms with Crippen LogP contribution in [0.5, 0.6) is 0 Å². The van der Waals surface area contributed by atoms with E-state index in [1.807, 2.05) is 38.3 Å². The Labute approximate surface area is 162 Å². The maximum absolute atomic E-state index is 12.1. The molecule has 1 aromatic heterocycles. The van der Waals surface area contributed by atoms with Gasteiger partial charge >= 0.3 is 0 Å². The first-order valence-electron chi connectivity index (χ1n) is 7.99. The van der Waals surface area contributed by atoms with Crippen LogP contribution in [-0.4, -0.2) is 16.9 Å². The zero-order valence-electron chi connectivity index (χ0n) is 14.8. The third-order valence-corrected chi connectivity index (χ3v) is 4.28. The molecule has 1 aromatic carbocycles. The molecule has 3 N–H and O–H groups in total. The van der Waals surface area contributed by atoms with Gasteiger partial charge in [-0.2, -0.15) is 0 Å². The maximum Gasteiger partial charge on any atom is 0.250 e. The van der Waals surface area contributed by atoms with Gasteiger partial charge in [0.05, 0.1) is 0 Å². The predicted octanol–water partition coefficient (Wildman–Crippen LogP) is 4.26. The van der Waals surface area contributed by atoms with E-state index in [1.54, 1.807) is 41.7 Å². The van der Waals surface area contributed by atoms with Gasteiger partial charge in [-0.3, -0.25) is 14.9 Å². The normalized spacial score (nSPS) is 11.2. The second kappa shape index (κ2) is 8.73. The van der Waals surface area contributed by atoms with Crippen molar-refractivity contribution in [2.45, 2.75) is 20.8 Å². The highest BCUT2D eigenvalue weighted by molar-refractivity contribution is 7.80. The molecule has 5 nitrogen and oxygen atoms in total.